The molecule has 1 N–H and O–H groups in total. The Balaban J connectivity index is 1.56. The van der Waals surface area contributed by atoms with Crippen molar-refractivity contribution in [2.75, 3.05) is 7.11 Å². The van der Waals surface area contributed by atoms with Gasteiger partial charge < -0.3 is 14.2 Å². The second-order valence-corrected chi connectivity index (χ2v) is 9.98. The van der Waals surface area contributed by atoms with Gasteiger partial charge in [0.25, 0.3) is 5.91 Å². The zero-order chi connectivity index (χ0) is 26.3. The molecule has 1 unspecified atom stereocenters. The van der Waals surface area contributed by atoms with Crippen molar-refractivity contribution in [2.45, 2.75) is 45.8 Å². The predicted molar refractivity (Wildman–Crippen MR) is 145 cm³/mol. The van der Waals surface area contributed by atoms with E-state index in [1.54, 1.807) is 50.4 Å². The minimum atomic E-state index is -0.718. The molecule has 1 atom stereocenters. The molecule has 0 aliphatic heterocycles. The van der Waals surface area contributed by atoms with E-state index < -0.39 is 6.10 Å². The Labute approximate surface area is 222 Å². The zero-order valence-electron chi connectivity index (χ0n) is 21.0. The number of halogens is 2. The van der Waals surface area contributed by atoms with Gasteiger partial charge in [0.15, 0.2) is 17.6 Å². The number of amides is 1. The van der Waals surface area contributed by atoms with Crippen molar-refractivity contribution in [3.63, 3.8) is 0 Å². The number of methoxy groups -OCH3 is 1. The summed E-state index contributed by atoms with van der Waals surface area (Å²) in [6.45, 7) is 8.29. The number of benzene rings is 3. The van der Waals surface area contributed by atoms with Crippen LogP contribution in [-0.2, 0) is 16.8 Å². The summed E-state index contributed by atoms with van der Waals surface area (Å²) in [5, 5.41) is 5.09. The van der Waals surface area contributed by atoms with E-state index in [1.165, 1.54) is 11.8 Å². The molecule has 0 heterocycles. The average Bonchev–Trinajstić information content (AvgIpc) is 2.84. The van der Waals surface area contributed by atoms with Crippen LogP contribution in [0.5, 0.6) is 17.2 Å². The van der Waals surface area contributed by atoms with E-state index in [0.717, 1.165) is 0 Å². The Bertz CT molecular complexity index is 1200. The highest BCUT2D eigenvalue weighted by molar-refractivity contribution is 6.35. The van der Waals surface area contributed by atoms with E-state index in [0.29, 0.717) is 38.4 Å². The quantitative estimate of drug-likeness (QED) is 0.245. The Morgan fingerprint density at radius 1 is 1.03 bits per heavy atom. The van der Waals surface area contributed by atoms with Crippen LogP contribution in [0.3, 0.4) is 0 Å². The maximum atomic E-state index is 12.4. The van der Waals surface area contributed by atoms with Gasteiger partial charge >= 0.3 is 0 Å². The van der Waals surface area contributed by atoms with Crippen LogP contribution in [0, 0.1) is 0 Å². The van der Waals surface area contributed by atoms with Gasteiger partial charge in [0.2, 0.25) is 0 Å². The van der Waals surface area contributed by atoms with Crippen LogP contribution in [-0.4, -0.2) is 25.3 Å². The third kappa shape index (κ3) is 7.39. The second kappa shape index (κ2) is 12.2. The Kier molecular flexibility index (Phi) is 9.24. The fraction of sp³-hybridized carbons (Fsp3) is 0.286. The van der Waals surface area contributed by atoms with Gasteiger partial charge in [-0.15, -0.1) is 0 Å². The summed E-state index contributed by atoms with van der Waals surface area (Å²) in [6, 6.07) is 18.3. The number of hydrazone groups is 1. The molecule has 0 aliphatic rings. The summed E-state index contributed by atoms with van der Waals surface area (Å²) in [4.78, 5) is 12.4. The molecule has 1 amide bonds. The SMILES string of the molecule is COc1cc(/C=N/NC(=O)C(C)Oc2ccc(C(C)(C)C)cc2)ccc1OCc1c(Cl)cccc1Cl. The third-order valence-electron chi connectivity index (χ3n) is 5.41. The first-order chi connectivity index (χ1) is 17.1. The second-order valence-electron chi connectivity index (χ2n) is 9.17. The number of rotatable bonds is 9. The summed E-state index contributed by atoms with van der Waals surface area (Å²) in [5.41, 5.74) is 5.14. The lowest BCUT2D eigenvalue weighted by Crippen LogP contribution is -2.33. The molecule has 0 radical (unpaired) electrons. The zero-order valence-corrected chi connectivity index (χ0v) is 22.5. The molecular formula is C28H30Cl2N2O4. The molecule has 0 saturated heterocycles. The standard InChI is InChI=1S/C28H30Cl2N2O4/c1-18(36-21-12-10-20(11-13-21)28(2,3)4)27(33)32-31-16-19-9-14-25(26(15-19)34-5)35-17-22-23(29)7-6-8-24(22)30/h6-16,18H,17H2,1-5H3,(H,32,33)/b31-16+. The van der Waals surface area contributed by atoms with Gasteiger partial charge in [-0.3, -0.25) is 4.79 Å². The molecule has 6 nitrogen and oxygen atoms in total. The van der Waals surface area contributed by atoms with Crippen molar-refractivity contribution >= 4 is 35.3 Å². The number of hydrogen-bond donors (Lipinski definition) is 1. The van der Waals surface area contributed by atoms with Gasteiger partial charge in [-0.05, 0) is 65.9 Å². The van der Waals surface area contributed by atoms with Crippen molar-refractivity contribution in [2.24, 2.45) is 5.10 Å². The summed E-state index contributed by atoms with van der Waals surface area (Å²) < 4.78 is 17.0. The van der Waals surface area contributed by atoms with Gasteiger partial charge in [-0.25, -0.2) is 5.43 Å². The van der Waals surface area contributed by atoms with Crippen LogP contribution in [0.2, 0.25) is 10.0 Å². The van der Waals surface area contributed by atoms with Crippen LogP contribution in [0.25, 0.3) is 0 Å². The number of hydrogen-bond acceptors (Lipinski definition) is 5. The molecule has 36 heavy (non-hydrogen) atoms. The first kappa shape index (κ1) is 27.4. The van der Waals surface area contributed by atoms with E-state index in [-0.39, 0.29) is 17.9 Å². The highest BCUT2D eigenvalue weighted by Crippen LogP contribution is 2.31. The van der Waals surface area contributed by atoms with Crippen LogP contribution >= 0.6 is 23.2 Å². The lowest BCUT2D eigenvalue weighted by molar-refractivity contribution is -0.127. The van der Waals surface area contributed by atoms with E-state index in [9.17, 15) is 4.79 Å². The fourth-order valence-electron chi connectivity index (χ4n) is 3.26. The molecular weight excluding hydrogens is 499 g/mol. The number of nitrogens with zero attached hydrogens (tertiary/aromatic N) is 1. The number of ether oxygens (including phenoxy) is 3. The lowest BCUT2D eigenvalue weighted by atomic mass is 9.87. The van der Waals surface area contributed by atoms with Crippen molar-refractivity contribution < 1.29 is 19.0 Å². The average molecular weight is 529 g/mol. The molecule has 0 aromatic heterocycles. The number of nitrogens with one attached hydrogen (secondary N) is 1. The molecule has 0 saturated carbocycles. The summed E-state index contributed by atoms with van der Waals surface area (Å²) >= 11 is 12.4. The highest BCUT2D eigenvalue weighted by Gasteiger charge is 2.16. The topological polar surface area (TPSA) is 69.2 Å². The predicted octanol–water partition coefficient (Wildman–Crippen LogP) is 6.80. The van der Waals surface area contributed by atoms with Gasteiger partial charge in [-0.1, -0.05) is 62.2 Å². The van der Waals surface area contributed by atoms with E-state index in [4.69, 9.17) is 37.4 Å². The van der Waals surface area contributed by atoms with Crippen LogP contribution < -0.4 is 19.6 Å². The van der Waals surface area contributed by atoms with Crippen molar-refractivity contribution in [3.8, 4) is 17.2 Å². The smallest absolute Gasteiger partial charge is 0.280 e. The van der Waals surface area contributed by atoms with Gasteiger partial charge in [0.1, 0.15) is 12.4 Å². The summed E-state index contributed by atoms with van der Waals surface area (Å²) in [6.07, 6.45) is 0.796. The molecule has 8 heteroatoms. The molecule has 0 fully saturated rings. The maximum absolute atomic E-state index is 12.4. The van der Waals surface area contributed by atoms with E-state index >= 15 is 0 Å². The highest BCUT2D eigenvalue weighted by atomic mass is 35.5. The molecule has 3 aromatic carbocycles. The Hall–Kier alpha value is -3.22. The molecule has 0 aliphatic carbocycles. The Morgan fingerprint density at radius 2 is 1.69 bits per heavy atom. The van der Waals surface area contributed by atoms with Crippen LogP contribution in [0.4, 0.5) is 0 Å². The van der Waals surface area contributed by atoms with Crippen LogP contribution in [0.1, 0.15) is 44.4 Å². The minimum Gasteiger partial charge on any atom is -0.493 e. The van der Waals surface area contributed by atoms with Gasteiger partial charge in [-0.2, -0.15) is 5.10 Å². The van der Waals surface area contributed by atoms with E-state index in [2.05, 4.69) is 31.3 Å². The molecule has 0 spiro atoms. The lowest BCUT2D eigenvalue weighted by Gasteiger charge is -2.20. The number of carbonyl (C=O) groups excluding carboxylic acids is 1. The van der Waals surface area contributed by atoms with Crippen molar-refractivity contribution in [1.82, 2.24) is 5.43 Å². The largest absolute Gasteiger partial charge is 0.493 e. The summed E-state index contributed by atoms with van der Waals surface area (Å²) in [5.74, 6) is 1.28. The maximum Gasteiger partial charge on any atom is 0.280 e. The monoisotopic (exact) mass is 528 g/mol. The molecule has 3 rings (SSSR count). The van der Waals surface area contributed by atoms with Crippen LogP contribution in [0.15, 0.2) is 65.8 Å². The third-order valence-corrected chi connectivity index (χ3v) is 6.12. The first-order valence-electron chi connectivity index (χ1n) is 11.4. The van der Waals surface area contributed by atoms with Crippen molar-refractivity contribution in [1.29, 1.82) is 0 Å². The molecule has 0 bridgehead atoms. The fourth-order valence-corrected chi connectivity index (χ4v) is 3.76. The number of carbonyl (C=O) groups is 1. The summed E-state index contributed by atoms with van der Waals surface area (Å²) in [7, 11) is 1.54. The van der Waals surface area contributed by atoms with E-state index in [1.807, 2.05) is 24.3 Å². The minimum absolute atomic E-state index is 0.0482. The normalized spacial score (nSPS) is 12.3. The van der Waals surface area contributed by atoms with Gasteiger partial charge in [0, 0.05) is 15.6 Å². The van der Waals surface area contributed by atoms with Gasteiger partial charge in [0.05, 0.1) is 13.3 Å². The molecule has 190 valence electrons. The van der Waals surface area contributed by atoms with Crippen molar-refractivity contribution in [3.05, 3.63) is 87.4 Å². The first-order valence-corrected chi connectivity index (χ1v) is 12.2. The Morgan fingerprint density at radius 3 is 2.31 bits per heavy atom. The molecule has 3 aromatic rings.